The monoisotopic (exact) mass is 151 g/mol. The largest absolute Gasteiger partial charge is 1.00 e. The van der Waals surface area contributed by atoms with Gasteiger partial charge in [0.2, 0.25) is 0 Å². The van der Waals surface area contributed by atoms with Crippen molar-refractivity contribution in [3.63, 3.8) is 0 Å². The normalized spacial score (nSPS) is 4.00. The van der Waals surface area contributed by atoms with E-state index in [0.29, 0.717) is 0 Å². The van der Waals surface area contributed by atoms with Crippen molar-refractivity contribution >= 4 is 0 Å². The zero-order chi connectivity index (χ0) is 3.58. The Hall–Kier alpha value is 0.823. The van der Waals surface area contributed by atoms with Crippen LogP contribution in [0.15, 0.2) is 0 Å². The average molecular weight is 152 g/mol. The summed E-state index contributed by atoms with van der Waals surface area (Å²) in [5.41, 5.74) is 0. The first kappa shape index (κ1) is 15.8. The van der Waals surface area contributed by atoms with Gasteiger partial charge in [0.15, 0.2) is 0 Å². The molecule has 0 rings (SSSR count). The van der Waals surface area contributed by atoms with Gasteiger partial charge in [0, 0.05) is 19.5 Å². The van der Waals surface area contributed by atoms with Crippen molar-refractivity contribution in [3.05, 3.63) is 10.1 Å². The molecule has 0 aromatic rings. The Morgan fingerprint density at radius 2 is 1.83 bits per heavy atom. The summed E-state index contributed by atoms with van der Waals surface area (Å²) in [4.78, 5) is 8.36. The fourth-order valence-electron chi connectivity index (χ4n) is 0. The summed E-state index contributed by atoms with van der Waals surface area (Å²) in [6.07, 6.45) is 0. The molecule has 4 nitrogen and oxygen atoms in total. The first-order valence-corrected chi connectivity index (χ1v) is 0.565. The van der Waals surface area contributed by atoms with Gasteiger partial charge in [0.25, 0.3) is 5.09 Å². The number of hydrogen-bond donors (Lipinski definition) is 1. The van der Waals surface area contributed by atoms with Crippen LogP contribution >= 0.6 is 0 Å². The molecule has 0 radical (unpaired) electrons. The molecule has 0 spiro atoms. The van der Waals surface area contributed by atoms with Gasteiger partial charge < -0.3 is 6.63 Å². The van der Waals surface area contributed by atoms with Crippen LogP contribution in [0.25, 0.3) is 0 Å². The molecule has 0 unspecified atom stereocenters. The summed E-state index contributed by atoms with van der Waals surface area (Å²) >= 11 is 0. The van der Waals surface area contributed by atoms with E-state index in [1.807, 2.05) is 0 Å². The van der Waals surface area contributed by atoms with E-state index in [2.05, 4.69) is 0 Å². The van der Waals surface area contributed by atoms with Gasteiger partial charge in [-0.1, -0.05) is 0 Å². The molecule has 0 heterocycles. The van der Waals surface area contributed by atoms with Gasteiger partial charge in [0.1, 0.15) is 0 Å². The topological polar surface area (TPSA) is 63.4 Å². The molecule has 0 aromatic heterocycles. The van der Waals surface area contributed by atoms with Crippen LogP contribution in [0.5, 0.6) is 0 Å². The second-order valence-electron chi connectivity index (χ2n) is 0.238. The Morgan fingerprint density at radius 1 is 1.83 bits per heavy atom. The van der Waals surface area contributed by atoms with Crippen molar-refractivity contribution in [3.8, 4) is 0 Å². The van der Waals surface area contributed by atoms with E-state index in [9.17, 15) is 0 Å². The molecule has 6 heteroatoms. The number of hydrogen-bond acceptors (Lipinski definition) is 2. The number of rotatable bonds is 0. The van der Waals surface area contributed by atoms with Gasteiger partial charge in [-0.25, -0.2) is 0 Å². The van der Waals surface area contributed by atoms with Gasteiger partial charge >= 0.3 is 29.6 Å². The summed E-state index contributed by atoms with van der Waals surface area (Å²) in [6, 6.07) is 0. The summed E-state index contributed by atoms with van der Waals surface area (Å²) in [6.45, 7) is 0. The molecule has 0 saturated heterocycles. The third-order valence-electron chi connectivity index (χ3n) is 0. The van der Waals surface area contributed by atoms with Crippen LogP contribution in [-0.4, -0.2) is 10.3 Å². The smallest absolute Gasteiger partial charge is 1.00 e. The summed E-state index contributed by atoms with van der Waals surface area (Å²) < 4.78 is 0. The molecule has 0 aromatic carbocycles. The predicted octanol–water partition coefficient (Wildman–Crippen LogP) is -3.23. The first-order valence-electron chi connectivity index (χ1n) is 0.565. The van der Waals surface area contributed by atoms with E-state index in [1.165, 1.54) is 0 Å². The summed E-state index contributed by atoms with van der Waals surface area (Å²) in [7, 11) is 0. The van der Waals surface area contributed by atoms with Gasteiger partial charge in [-0.2, -0.15) is 0 Å². The molecule has 1 N–H and O–H groups in total. The molecular weight excluding hydrogens is 150 g/mol. The maximum absolute atomic E-state index is 8.36. The van der Waals surface area contributed by atoms with Crippen LogP contribution in [0.2, 0.25) is 0 Å². The molecule has 0 aliphatic heterocycles. The molecule has 28 valence electrons. The maximum Gasteiger partial charge on any atom is 1.00 e. The van der Waals surface area contributed by atoms with E-state index >= 15 is 0 Å². The summed E-state index contributed by atoms with van der Waals surface area (Å²) in [5, 5.41) is 13.6. The third-order valence-corrected chi connectivity index (χ3v) is 0. The Balaban J connectivity index is -0.0000000150. The molecule has 0 fully saturated rings. The maximum atomic E-state index is 8.36. The van der Waals surface area contributed by atoms with Crippen molar-refractivity contribution in [1.82, 2.24) is 0 Å². The number of nitrogens with zero attached hydrogens (tertiary/aromatic N) is 1. The zero-order valence-corrected chi connectivity index (χ0v) is 8.39. The van der Waals surface area contributed by atoms with E-state index < -0.39 is 5.09 Å². The van der Waals surface area contributed by atoms with Crippen molar-refractivity contribution in [2.24, 2.45) is 0 Å². The van der Waals surface area contributed by atoms with Crippen LogP contribution < -0.4 is 29.6 Å². The zero-order valence-electron chi connectivity index (χ0n) is 4.42. The van der Waals surface area contributed by atoms with Gasteiger partial charge in [-0.05, 0) is 0 Å². The van der Waals surface area contributed by atoms with E-state index in [1.54, 1.807) is 0 Å². The van der Waals surface area contributed by atoms with Crippen molar-refractivity contribution in [2.75, 3.05) is 0 Å². The first-order chi connectivity index (χ1) is 1.73. The SMILES string of the molecule is O=[N+]([O-])O.[H-].[Na+].[Zn]. The fourth-order valence-corrected chi connectivity index (χ4v) is 0. The quantitative estimate of drug-likeness (QED) is 0.225. The van der Waals surface area contributed by atoms with E-state index in [4.69, 9.17) is 15.3 Å². The molecule has 0 aliphatic carbocycles. The standard InChI is InChI=1S/HNO3.Na.Zn.H/c2-1(3)4;;;/h(H,2,3,4);;;/q;+1;;-1. The minimum atomic E-state index is -1.50. The fraction of sp³-hybridized carbons (Fsp3) is 0. The molecule has 0 bridgehead atoms. The van der Waals surface area contributed by atoms with Crippen LogP contribution in [0.4, 0.5) is 0 Å². The van der Waals surface area contributed by atoms with Gasteiger partial charge in [-0.15, -0.1) is 10.1 Å². The molecule has 0 amide bonds. The second kappa shape index (κ2) is 9.27. The average Bonchev–Trinajstić information content (AvgIpc) is 0.811. The van der Waals surface area contributed by atoms with Crippen LogP contribution in [0, 0.1) is 10.1 Å². The van der Waals surface area contributed by atoms with Crippen molar-refractivity contribution < 1.29 is 60.8 Å². The molecule has 0 atom stereocenters. The Bertz CT molecular complexity index is 37.9. The Kier molecular flexibility index (Phi) is 24.5. The molecular formula is H2NNaO3Zn. The van der Waals surface area contributed by atoms with Gasteiger partial charge in [-0.3, -0.25) is 0 Å². The van der Waals surface area contributed by atoms with Gasteiger partial charge in [0.05, 0.1) is 0 Å². The van der Waals surface area contributed by atoms with Crippen LogP contribution in [0.1, 0.15) is 1.43 Å². The Labute approximate surface area is 70.6 Å². The van der Waals surface area contributed by atoms with Crippen molar-refractivity contribution in [1.29, 1.82) is 0 Å². The van der Waals surface area contributed by atoms with E-state index in [-0.39, 0.29) is 50.5 Å². The predicted molar refractivity (Wildman–Crippen MR) is 9.89 cm³/mol. The van der Waals surface area contributed by atoms with Crippen LogP contribution in [-0.2, 0) is 19.5 Å². The third kappa shape index (κ3) is 104. The minimum absolute atomic E-state index is 0. The molecule has 6 heavy (non-hydrogen) atoms. The van der Waals surface area contributed by atoms with Crippen molar-refractivity contribution in [2.45, 2.75) is 0 Å². The molecule has 0 saturated carbocycles. The second-order valence-corrected chi connectivity index (χ2v) is 0.238. The minimum Gasteiger partial charge on any atom is -1.00 e. The summed E-state index contributed by atoms with van der Waals surface area (Å²) in [5.74, 6) is 0. The Morgan fingerprint density at radius 3 is 1.83 bits per heavy atom. The van der Waals surface area contributed by atoms with E-state index in [0.717, 1.165) is 0 Å². The molecule has 0 aliphatic rings. The van der Waals surface area contributed by atoms with Crippen LogP contribution in [0.3, 0.4) is 0 Å².